The van der Waals surface area contributed by atoms with E-state index in [0.29, 0.717) is 0 Å². The molecule has 0 bridgehead atoms. The Hall–Kier alpha value is -1.77. The van der Waals surface area contributed by atoms with Crippen LogP contribution in [0.4, 0.5) is 5.69 Å². The van der Waals surface area contributed by atoms with Crippen LogP contribution in [0.3, 0.4) is 0 Å². The molecule has 2 N–H and O–H groups in total. The van der Waals surface area contributed by atoms with Crippen molar-refractivity contribution in [3.63, 3.8) is 0 Å². The molecule has 0 saturated heterocycles. The number of aromatic nitrogens is 2. The van der Waals surface area contributed by atoms with E-state index in [2.05, 4.69) is 18.1 Å². The minimum absolute atomic E-state index is 0.803. The number of benzene rings is 1. The van der Waals surface area contributed by atoms with Crippen LogP contribution in [-0.2, 0) is 7.05 Å². The van der Waals surface area contributed by atoms with Crippen LogP contribution < -0.4 is 5.73 Å². The Morgan fingerprint density at radius 1 is 1.20 bits per heavy atom. The average molecular weight is 201 g/mol. The van der Waals surface area contributed by atoms with Gasteiger partial charge in [0.2, 0.25) is 0 Å². The highest BCUT2D eigenvalue weighted by atomic mass is 15.2. The van der Waals surface area contributed by atoms with E-state index >= 15 is 0 Å². The van der Waals surface area contributed by atoms with Crippen molar-refractivity contribution in [1.82, 2.24) is 9.78 Å². The first kappa shape index (κ1) is 9.77. The SMILES string of the molecule is Cc1ccc(N)c(-c2cn(C)nc2C)c1. The molecule has 78 valence electrons. The Kier molecular flexibility index (Phi) is 2.23. The summed E-state index contributed by atoms with van der Waals surface area (Å²) in [5.41, 5.74) is 11.2. The molecule has 0 spiro atoms. The second-order valence-electron chi connectivity index (χ2n) is 3.89. The number of hydrogen-bond acceptors (Lipinski definition) is 2. The third kappa shape index (κ3) is 1.73. The number of anilines is 1. The summed E-state index contributed by atoms with van der Waals surface area (Å²) < 4.78 is 1.81. The van der Waals surface area contributed by atoms with E-state index in [9.17, 15) is 0 Å². The molecule has 1 aromatic heterocycles. The standard InChI is InChI=1S/C12H15N3/c1-8-4-5-12(13)10(6-8)11-7-15(3)14-9(11)2/h4-7H,13H2,1-3H3. The number of nitrogens with zero attached hydrogens (tertiary/aromatic N) is 2. The van der Waals surface area contributed by atoms with Gasteiger partial charge in [0.1, 0.15) is 0 Å². The zero-order valence-corrected chi connectivity index (χ0v) is 9.28. The van der Waals surface area contributed by atoms with Gasteiger partial charge in [-0.05, 0) is 26.0 Å². The Morgan fingerprint density at radius 2 is 1.93 bits per heavy atom. The lowest BCUT2D eigenvalue weighted by molar-refractivity contribution is 0.756. The Bertz CT molecular complexity index is 498. The molecule has 3 heteroatoms. The predicted molar refractivity (Wildman–Crippen MR) is 62.5 cm³/mol. The number of rotatable bonds is 1. The van der Waals surface area contributed by atoms with Crippen molar-refractivity contribution in [3.05, 3.63) is 35.7 Å². The highest BCUT2D eigenvalue weighted by Gasteiger charge is 2.08. The van der Waals surface area contributed by atoms with Crippen LogP contribution in [-0.4, -0.2) is 9.78 Å². The summed E-state index contributed by atoms with van der Waals surface area (Å²) in [5.74, 6) is 0. The number of hydrogen-bond donors (Lipinski definition) is 1. The topological polar surface area (TPSA) is 43.8 Å². The summed E-state index contributed by atoms with van der Waals surface area (Å²) in [4.78, 5) is 0. The molecular formula is C12H15N3. The van der Waals surface area contributed by atoms with E-state index in [1.807, 2.05) is 37.0 Å². The fraction of sp³-hybridized carbons (Fsp3) is 0.250. The number of nitrogen functional groups attached to an aromatic ring is 1. The fourth-order valence-electron chi connectivity index (χ4n) is 1.77. The van der Waals surface area contributed by atoms with E-state index in [0.717, 1.165) is 22.5 Å². The van der Waals surface area contributed by atoms with E-state index in [1.165, 1.54) is 5.56 Å². The molecule has 2 aromatic rings. The minimum atomic E-state index is 0.803. The molecule has 0 aliphatic heterocycles. The first-order valence-corrected chi connectivity index (χ1v) is 4.94. The molecule has 0 radical (unpaired) electrons. The predicted octanol–water partition coefficient (Wildman–Crippen LogP) is 2.29. The molecule has 0 fully saturated rings. The average Bonchev–Trinajstić information content (AvgIpc) is 2.50. The lowest BCUT2D eigenvalue weighted by Crippen LogP contribution is -1.91. The molecule has 2 rings (SSSR count). The van der Waals surface area contributed by atoms with Gasteiger partial charge in [0.05, 0.1) is 5.69 Å². The van der Waals surface area contributed by atoms with Gasteiger partial charge < -0.3 is 5.73 Å². The van der Waals surface area contributed by atoms with Crippen LogP contribution in [0, 0.1) is 13.8 Å². The number of aryl methyl sites for hydroxylation is 3. The molecular weight excluding hydrogens is 186 g/mol. The molecule has 0 unspecified atom stereocenters. The maximum atomic E-state index is 5.96. The van der Waals surface area contributed by atoms with Gasteiger partial charge in [0.25, 0.3) is 0 Å². The van der Waals surface area contributed by atoms with Crippen molar-refractivity contribution < 1.29 is 0 Å². The monoisotopic (exact) mass is 201 g/mol. The smallest absolute Gasteiger partial charge is 0.0672 e. The second kappa shape index (κ2) is 3.42. The summed E-state index contributed by atoms with van der Waals surface area (Å²) in [6.45, 7) is 4.06. The zero-order chi connectivity index (χ0) is 11.0. The van der Waals surface area contributed by atoms with E-state index < -0.39 is 0 Å². The first-order chi connectivity index (χ1) is 7.08. The summed E-state index contributed by atoms with van der Waals surface area (Å²) in [6.07, 6.45) is 2.00. The van der Waals surface area contributed by atoms with Crippen molar-refractivity contribution in [2.24, 2.45) is 7.05 Å². The van der Waals surface area contributed by atoms with Crippen LogP contribution in [0.2, 0.25) is 0 Å². The van der Waals surface area contributed by atoms with E-state index in [1.54, 1.807) is 0 Å². The maximum absolute atomic E-state index is 5.96. The zero-order valence-electron chi connectivity index (χ0n) is 9.28. The Balaban J connectivity index is 2.62. The molecule has 1 heterocycles. The maximum Gasteiger partial charge on any atom is 0.0672 e. The molecule has 0 saturated carbocycles. The van der Waals surface area contributed by atoms with Crippen molar-refractivity contribution in [2.45, 2.75) is 13.8 Å². The van der Waals surface area contributed by atoms with Crippen molar-refractivity contribution >= 4 is 5.69 Å². The molecule has 0 aliphatic rings. The molecule has 0 aliphatic carbocycles. The van der Waals surface area contributed by atoms with Crippen LogP contribution in [0.1, 0.15) is 11.3 Å². The van der Waals surface area contributed by atoms with Gasteiger partial charge in [-0.25, -0.2) is 0 Å². The van der Waals surface area contributed by atoms with Crippen molar-refractivity contribution in [2.75, 3.05) is 5.73 Å². The normalized spacial score (nSPS) is 10.6. The van der Waals surface area contributed by atoms with Crippen molar-refractivity contribution in [1.29, 1.82) is 0 Å². The van der Waals surface area contributed by atoms with E-state index in [-0.39, 0.29) is 0 Å². The Morgan fingerprint density at radius 3 is 2.53 bits per heavy atom. The van der Waals surface area contributed by atoms with Gasteiger partial charge in [-0.1, -0.05) is 11.6 Å². The van der Waals surface area contributed by atoms with Crippen LogP contribution >= 0.6 is 0 Å². The first-order valence-electron chi connectivity index (χ1n) is 4.94. The lowest BCUT2D eigenvalue weighted by atomic mass is 10.0. The van der Waals surface area contributed by atoms with Crippen LogP contribution in [0.25, 0.3) is 11.1 Å². The molecule has 0 amide bonds. The van der Waals surface area contributed by atoms with Gasteiger partial charge in [-0.2, -0.15) is 5.10 Å². The molecule has 0 atom stereocenters. The van der Waals surface area contributed by atoms with E-state index in [4.69, 9.17) is 5.73 Å². The highest BCUT2D eigenvalue weighted by Crippen LogP contribution is 2.28. The molecule has 3 nitrogen and oxygen atoms in total. The Labute approximate surface area is 89.5 Å². The third-order valence-electron chi connectivity index (χ3n) is 2.51. The summed E-state index contributed by atoms with van der Waals surface area (Å²) in [6, 6.07) is 6.06. The fourth-order valence-corrected chi connectivity index (χ4v) is 1.77. The quantitative estimate of drug-likeness (QED) is 0.719. The lowest BCUT2D eigenvalue weighted by Gasteiger charge is -2.05. The summed E-state index contributed by atoms with van der Waals surface area (Å²) in [5, 5.41) is 4.32. The number of nitrogens with two attached hydrogens (primary N) is 1. The van der Waals surface area contributed by atoms with Gasteiger partial charge >= 0.3 is 0 Å². The summed E-state index contributed by atoms with van der Waals surface area (Å²) in [7, 11) is 1.92. The van der Waals surface area contributed by atoms with Gasteiger partial charge in [-0.15, -0.1) is 0 Å². The second-order valence-corrected chi connectivity index (χ2v) is 3.89. The van der Waals surface area contributed by atoms with Gasteiger partial charge in [0.15, 0.2) is 0 Å². The van der Waals surface area contributed by atoms with Crippen LogP contribution in [0.15, 0.2) is 24.4 Å². The molecule has 15 heavy (non-hydrogen) atoms. The van der Waals surface area contributed by atoms with Crippen molar-refractivity contribution in [3.8, 4) is 11.1 Å². The minimum Gasteiger partial charge on any atom is -0.398 e. The third-order valence-corrected chi connectivity index (χ3v) is 2.51. The highest BCUT2D eigenvalue weighted by molar-refractivity contribution is 5.77. The largest absolute Gasteiger partial charge is 0.398 e. The van der Waals surface area contributed by atoms with Crippen LogP contribution in [0.5, 0.6) is 0 Å². The summed E-state index contributed by atoms with van der Waals surface area (Å²) >= 11 is 0. The van der Waals surface area contributed by atoms with Gasteiger partial charge in [0, 0.05) is 30.1 Å². The van der Waals surface area contributed by atoms with Gasteiger partial charge in [-0.3, -0.25) is 4.68 Å². The molecule has 1 aromatic carbocycles.